The van der Waals surface area contributed by atoms with Crippen LogP contribution in [-0.2, 0) is 0 Å². The van der Waals surface area contributed by atoms with Crippen molar-refractivity contribution in [3.63, 3.8) is 0 Å². The fraction of sp³-hybridized carbons (Fsp3) is 0.750. The molecule has 0 amide bonds. The molecule has 17 heavy (non-hydrogen) atoms. The van der Waals surface area contributed by atoms with Crippen LogP contribution < -0.4 is 5.32 Å². The summed E-state index contributed by atoms with van der Waals surface area (Å²) in [5.74, 6) is 0. The van der Waals surface area contributed by atoms with E-state index < -0.39 is 0 Å². The number of aromatic nitrogens is 2. The SMILES string of the molecule is CCNC1(CO)CCC(n2cc(Cl)c(C)n2)C1. The van der Waals surface area contributed by atoms with Crippen LogP contribution in [0.5, 0.6) is 0 Å². The van der Waals surface area contributed by atoms with E-state index in [1.165, 1.54) is 0 Å². The van der Waals surface area contributed by atoms with Gasteiger partial charge < -0.3 is 10.4 Å². The molecule has 4 nitrogen and oxygen atoms in total. The van der Waals surface area contributed by atoms with Gasteiger partial charge in [-0.2, -0.15) is 5.10 Å². The van der Waals surface area contributed by atoms with Gasteiger partial charge in [0.15, 0.2) is 0 Å². The molecule has 1 aromatic heterocycles. The Labute approximate surface area is 107 Å². The number of nitrogens with zero attached hydrogens (tertiary/aromatic N) is 2. The van der Waals surface area contributed by atoms with Crippen molar-refractivity contribution in [2.45, 2.75) is 44.7 Å². The monoisotopic (exact) mass is 257 g/mol. The second-order valence-electron chi connectivity index (χ2n) is 4.91. The van der Waals surface area contributed by atoms with Crippen LogP contribution in [0, 0.1) is 6.92 Å². The molecule has 1 saturated carbocycles. The molecule has 1 aliphatic rings. The number of likely N-dealkylation sites (N-methyl/N-ethyl adjacent to an activating group) is 1. The topological polar surface area (TPSA) is 50.1 Å². The Morgan fingerprint density at radius 3 is 3.00 bits per heavy atom. The first kappa shape index (κ1) is 12.9. The van der Waals surface area contributed by atoms with Crippen molar-refractivity contribution in [2.75, 3.05) is 13.2 Å². The molecule has 2 N–H and O–H groups in total. The first-order chi connectivity index (χ1) is 8.10. The van der Waals surface area contributed by atoms with Crippen LogP contribution in [0.3, 0.4) is 0 Å². The van der Waals surface area contributed by atoms with Gasteiger partial charge in [-0.25, -0.2) is 0 Å². The molecule has 1 aromatic rings. The van der Waals surface area contributed by atoms with Crippen LogP contribution in [0.1, 0.15) is 37.9 Å². The third-order valence-electron chi connectivity index (χ3n) is 3.67. The summed E-state index contributed by atoms with van der Waals surface area (Å²) in [6, 6.07) is 0.340. The lowest BCUT2D eigenvalue weighted by molar-refractivity contribution is 0.162. The van der Waals surface area contributed by atoms with E-state index in [-0.39, 0.29) is 12.1 Å². The maximum Gasteiger partial charge on any atom is 0.0815 e. The number of aryl methyl sites for hydroxylation is 1. The predicted octanol–water partition coefficient (Wildman–Crippen LogP) is 1.91. The van der Waals surface area contributed by atoms with E-state index in [9.17, 15) is 5.11 Å². The fourth-order valence-electron chi connectivity index (χ4n) is 2.71. The van der Waals surface area contributed by atoms with Gasteiger partial charge in [-0.1, -0.05) is 18.5 Å². The zero-order valence-corrected chi connectivity index (χ0v) is 11.2. The van der Waals surface area contributed by atoms with E-state index >= 15 is 0 Å². The Hall–Kier alpha value is -0.580. The highest BCUT2D eigenvalue weighted by molar-refractivity contribution is 6.31. The van der Waals surface area contributed by atoms with E-state index in [4.69, 9.17) is 11.6 Å². The molecule has 0 saturated heterocycles. The third kappa shape index (κ3) is 2.49. The van der Waals surface area contributed by atoms with Crippen LogP contribution in [0.2, 0.25) is 5.02 Å². The number of aliphatic hydroxyl groups excluding tert-OH is 1. The largest absolute Gasteiger partial charge is 0.394 e. The van der Waals surface area contributed by atoms with E-state index in [2.05, 4.69) is 17.3 Å². The van der Waals surface area contributed by atoms with Crippen molar-refractivity contribution in [1.29, 1.82) is 0 Å². The molecule has 1 fully saturated rings. The van der Waals surface area contributed by atoms with Gasteiger partial charge in [-0.05, 0) is 32.7 Å². The first-order valence-electron chi connectivity index (χ1n) is 6.17. The van der Waals surface area contributed by atoms with Crippen molar-refractivity contribution in [3.8, 4) is 0 Å². The lowest BCUT2D eigenvalue weighted by Gasteiger charge is -2.28. The lowest BCUT2D eigenvalue weighted by Crippen LogP contribution is -2.46. The quantitative estimate of drug-likeness (QED) is 0.866. The van der Waals surface area contributed by atoms with Gasteiger partial charge in [-0.3, -0.25) is 4.68 Å². The zero-order valence-electron chi connectivity index (χ0n) is 10.4. The minimum absolute atomic E-state index is 0.133. The summed E-state index contributed by atoms with van der Waals surface area (Å²) in [5.41, 5.74) is 0.739. The molecule has 0 aromatic carbocycles. The molecule has 0 aliphatic heterocycles. The zero-order chi connectivity index (χ0) is 12.5. The number of aliphatic hydroxyl groups is 1. The maximum absolute atomic E-state index is 9.55. The summed E-state index contributed by atoms with van der Waals surface area (Å²) >= 11 is 6.03. The Kier molecular flexibility index (Phi) is 3.76. The van der Waals surface area contributed by atoms with E-state index in [1.807, 2.05) is 17.8 Å². The summed E-state index contributed by atoms with van der Waals surface area (Å²) in [6.07, 6.45) is 4.82. The van der Waals surface area contributed by atoms with Gasteiger partial charge in [0.25, 0.3) is 0 Å². The van der Waals surface area contributed by atoms with E-state index in [0.29, 0.717) is 6.04 Å². The molecule has 0 bridgehead atoms. The molecule has 5 heteroatoms. The lowest BCUT2D eigenvalue weighted by atomic mass is 9.98. The highest BCUT2D eigenvalue weighted by Gasteiger charge is 2.39. The van der Waals surface area contributed by atoms with Crippen LogP contribution in [-0.4, -0.2) is 33.6 Å². The fourth-order valence-corrected chi connectivity index (χ4v) is 2.84. The van der Waals surface area contributed by atoms with Gasteiger partial charge in [-0.15, -0.1) is 0 Å². The second-order valence-corrected chi connectivity index (χ2v) is 5.32. The standard InChI is InChI=1S/C12H20ClN3O/c1-3-14-12(8-17)5-4-10(6-12)16-7-11(13)9(2)15-16/h7,10,14,17H,3-6,8H2,1-2H3. The molecule has 1 aliphatic carbocycles. The van der Waals surface area contributed by atoms with Gasteiger partial charge >= 0.3 is 0 Å². The minimum atomic E-state index is -0.133. The molecule has 1 heterocycles. The van der Waals surface area contributed by atoms with Gasteiger partial charge in [0.05, 0.1) is 23.4 Å². The molecular weight excluding hydrogens is 238 g/mol. The van der Waals surface area contributed by atoms with Gasteiger partial charge in [0.2, 0.25) is 0 Å². The average molecular weight is 258 g/mol. The molecule has 0 radical (unpaired) electrons. The van der Waals surface area contributed by atoms with Crippen molar-refractivity contribution in [2.24, 2.45) is 0 Å². The normalized spacial score (nSPS) is 28.8. The van der Waals surface area contributed by atoms with Crippen LogP contribution >= 0.6 is 11.6 Å². The molecule has 2 rings (SSSR count). The average Bonchev–Trinajstić information content (AvgIpc) is 2.86. The Morgan fingerprint density at radius 2 is 2.47 bits per heavy atom. The summed E-state index contributed by atoms with van der Waals surface area (Å²) in [4.78, 5) is 0. The molecule has 0 spiro atoms. The number of nitrogens with one attached hydrogen (secondary N) is 1. The van der Waals surface area contributed by atoms with Crippen LogP contribution in [0.15, 0.2) is 6.20 Å². The first-order valence-corrected chi connectivity index (χ1v) is 6.55. The highest BCUT2D eigenvalue weighted by Crippen LogP contribution is 2.37. The second kappa shape index (κ2) is 4.96. The number of rotatable bonds is 4. The predicted molar refractivity (Wildman–Crippen MR) is 68.4 cm³/mol. The molecule has 2 unspecified atom stereocenters. The van der Waals surface area contributed by atoms with Gasteiger partial charge in [0, 0.05) is 11.7 Å². The molecule has 96 valence electrons. The maximum atomic E-state index is 9.55. The summed E-state index contributed by atoms with van der Waals surface area (Å²) in [6.45, 7) is 5.05. The summed E-state index contributed by atoms with van der Waals surface area (Å²) < 4.78 is 1.95. The molecule has 2 atom stereocenters. The summed E-state index contributed by atoms with van der Waals surface area (Å²) in [7, 11) is 0. The van der Waals surface area contributed by atoms with E-state index in [0.717, 1.165) is 36.5 Å². The van der Waals surface area contributed by atoms with Crippen molar-refractivity contribution < 1.29 is 5.11 Å². The Bertz CT molecular complexity index is 374. The van der Waals surface area contributed by atoms with Crippen molar-refractivity contribution in [1.82, 2.24) is 15.1 Å². The minimum Gasteiger partial charge on any atom is -0.394 e. The third-order valence-corrected chi connectivity index (χ3v) is 4.04. The highest BCUT2D eigenvalue weighted by atomic mass is 35.5. The van der Waals surface area contributed by atoms with Gasteiger partial charge in [0.1, 0.15) is 0 Å². The van der Waals surface area contributed by atoms with Crippen LogP contribution in [0.25, 0.3) is 0 Å². The number of hydrogen-bond donors (Lipinski definition) is 2. The number of halogens is 1. The van der Waals surface area contributed by atoms with E-state index in [1.54, 1.807) is 0 Å². The Balaban J connectivity index is 2.11. The van der Waals surface area contributed by atoms with Crippen molar-refractivity contribution >= 4 is 11.6 Å². The number of hydrogen-bond acceptors (Lipinski definition) is 3. The van der Waals surface area contributed by atoms with Crippen molar-refractivity contribution in [3.05, 3.63) is 16.9 Å². The molecular formula is C12H20ClN3O. The Morgan fingerprint density at radius 1 is 1.71 bits per heavy atom. The van der Waals surface area contributed by atoms with Crippen LogP contribution in [0.4, 0.5) is 0 Å². The smallest absolute Gasteiger partial charge is 0.0815 e. The summed E-state index contributed by atoms with van der Waals surface area (Å²) in [5, 5.41) is 18.1.